The Balaban J connectivity index is 1.73. The van der Waals surface area contributed by atoms with E-state index in [1.165, 1.54) is 128 Å². The van der Waals surface area contributed by atoms with Gasteiger partial charge >= 0.3 is 30.2 Å². The van der Waals surface area contributed by atoms with Gasteiger partial charge in [0.05, 0.1) is 41.5 Å². The molecule has 16 nitrogen and oxygen atoms in total. The maximum Gasteiger partial charge on any atom is 0.509 e. The summed E-state index contributed by atoms with van der Waals surface area (Å²) in [5, 5.41) is 3.13. The van der Waals surface area contributed by atoms with Gasteiger partial charge in [-0.3, -0.25) is 4.79 Å². The highest BCUT2D eigenvalue weighted by Gasteiger charge is 2.60. The van der Waals surface area contributed by atoms with E-state index in [1.807, 2.05) is 6.08 Å². The molecule has 0 saturated carbocycles. The van der Waals surface area contributed by atoms with Crippen molar-refractivity contribution in [2.75, 3.05) is 13.2 Å². The molecule has 0 unspecified atom stereocenters. The van der Waals surface area contributed by atoms with Crippen molar-refractivity contribution >= 4 is 36.1 Å². The maximum atomic E-state index is 14.4. The van der Waals surface area contributed by atoms with Crippen molar-refractivity contribution in [1.29, 1.82) is 0 Å². The van der Waals surface area contributed by atoms with Crippen LogP contribution in [0.4, 0.5) is 9.59 Å². The second-order valence-corrected chi connectivity index (χ2v) is 23.3. The number of hydrogen-bond acceptors (Lipinski definition) is 15. The summed E-state index contributed by atoms with van der Waals surface area (Å²) in [7, 11) is 0. The van der Waals surface area contributed by atoms with Crippen LogP contribution in [0.5, 0.6) is 0 Å². The number of hydrogen-bond donors (Lipinski definition) is 1. The highest BCUT2D eigenvalue weighted by molar-refractivity contribution is 5.91. The van der Waals surface area contributed by atoms with Gasteiger partial charge in [-0.2, -0.15) is 0 Å². The van der Waals surface area contributed by atoms with Gasteiger partial charge in [0.1, 0.15) is 18.8 Å². The molecule has 16 heteroatoms. The number of ether oxygens (including phenoxy) is 9. The predicted octanol–water partition coefficient (Wildman–Crippen LogP) is 16.5. The second kappa shape index (κ2) is 42.6. The third-order valence-electron chi connectivity index (χ3n) is 15.0. The third kappa shape index (κ3) is 29.0. The summed E-state index contributed by atoms with van der Waals surface area (Å²) in [4.78, 5) is 83.7. The van der Waals surface area contributed by atoms with E-state index in [1.54, 1.807) is 101 Å². The van der Waals surface area contributed by atoms with Crippen molar-refractivity contribution < 1.29 is 71.4 Å². The molecule has 0 aliphatic carbocycles. The number of rotatable bonds is 43. The standard InChI is InChI=1S/C70H103NO15/c1-8-10-12-14-16-18-20-22-24-26-28-30-41-49-59(82-65(73)55-43-35-32-36-44-55)58(71-61(72)50-42-31-29-27-25-23-21-19-17-15-13-11-9-2)51-79-70(7)64(85-67(75)57-47-39-34-40-48-57)63(83-66(74)56-45-37-33-38-46-56)62(84-69(77)81-54(5)6)60(86-70)52-78-68(76)80-53(3)4/h32-41,43-49,53-54,58-60,62-64H,8-31,42,50-52H2,1-7H3,(H,71,72)/b49-41+/t58-,59+,60+,62-,63-,64+,70-/m0/s1. The van der Waals surface area contributed by atoms with E-state index >= 15 is 0 Å². The molecule has 1 fully saturated rings. The molecule has 0 spiro atoms. The van der Waals surface area contributed by atoms with Gasteiger partial charge in [-0.15, -0.1) is 0 Å². The van der Waals surface area contributed by atoms with Crippen molar-refractivity contribution in [2.45, 2.75) is 270 Å². The van der Waals surface area contributed by atoms with Crippen LogP contribution in [0.1, 0.15) is 246 Å². The number of nitrogens with one attached hydrogen (secondary N) is 1. The van der Waals surface area contributed by atoms with E-state index < -0.39 is 98.0 Å². The Morgan fingerprint density at radius 2 is 0.942 bits per heavy atom. The molecule has 3 aromatic rings. The quantitative estimate of drug-likeness (QED) is 0.0243. The summed E-state index contributed by atoms with van der Waals surface area (Å²) in [5.74, 6) is -4.96. The molecule has 0 aromatic heterocycles. The molecule has 3 aromatic carbocycles. The molecule has 7 atom stereocenters. The van der Waals surface area contributed by atoms with Crippen LogP contribution in [0.15, 0.2) is 103 Å². The van der Waals surface area contributed by atoms with E-state index in [-0.39, 0.29) is 29.0 Å². The Morgan fingerprint density at radius 1 is 0.512 bits per heavy atom. The number of carbonyl (C=O) groups is 6. The van der Waals surface area contributed by atoms with Crippen molar-refractivity contribution in [1.82, 2.24) is 5.32 Å². The first-order chi connectivity index (χ1) is 41.6. The Kier molecular flexibility index (Phi) is 35.7. The summed E-state index contributed by atoms with van der Waals surface area (Å²) in [5.41, 5.74) is 0.491. The molecule has 0 radical (unpaired) electrons. The van der Waals surface area contributed by atoms with Gasteiger partial charge in [0, 0.05) is 6.42 Å². The summed E-state index contributed by atoms with van der Waals surface area (Å²) in [6, 6.07) is 23.5. The molecule has 86 heavy (non-hydrogen) atoms. The topological polar surface area (TPSA) is 198 Å². The lowest BCUT2D eigenvalue weighted by molar-refractivity contribution is -0.356. The summed E-state index contributed by atoms with van der Waals surface area (Å²) in [6.45, 7) is 11.3. The SMILES string of the molecule is CCCCCCCCCCCCC/C=C/[C@@H](OC(=O)c1ccccc1)[C@H](CO[C@@]1(C)O[C@H](COC(=O)OC(C)C)[C@H](OC(=O)OC(C)C)[C@H](OC(=O)c2ccccc2)[C@H]1OC(=O)c1ccccc1)NC(=O)CCCCCCCCCCCCCCC. The zero-order valence-corrected chi connectivity index (χ0v) is 52.9. The molecule has 4 rings (SSSR count). The average Bonchev–Trinajstić information content (AvgIpc) is 1.000. The molecule has 1 saturated heterocycles. The minimum atomic E-state index is -2.20. The van der Waals surface area contributed by atoms with E-state index in [9.17, 15) is 28.8 Å². The van der Waals surface area contributed by atoms with Crippen molar-refractivity contribution in [3.05, 3.63) is 120 Å². The second-order valence-electron chi connectivity index (χ2n) is 23.3. The van der Waals surface area contributed by atoms with E-state index in [0.29, 0.717) is 12.8 Å². The molecule has 1 aliphatic rings. The Bertz CT molecular complexity index is 2380. The van der Waals surface area contributed by atoms with Crippen molar-refractivity contribution in [3.8, 4) is 0 Å². The summed E-state index contributed by atoms with van der Waals surface area (Å²) >= 11 is 0. The lowest BCUT2D eigenvalue weighted by Crippen LogP contribution is -2.68. The Hall–Kier alpha value is -6.26. The minimum Gasteiger partial charge on any atom is -0.452 e. The van der Waals surface area contributed by atoms with Crippen molar-refractivity contribution in [2.24, 2.45) is 0 Å². The van der Waals surface area contributed by atoms with Crippen LogP contribution < -0.4 is 5.32 Å². The van der Waals surface area contributed by atoms with Gasteiger partial charge in [0.25, 0.3) is 0 Å². The number of benzene rings is 3. The van der Waals surface area contributed by atoms with Crippen LogP contribution in [-0.4, -0.2) is 104 Å². The van der Waals surface area contributed by atoms with E-state index in [4.69, 9.17) is 42.6 Å². The summed E-state index contributed by atoms with van der Waals surface area (Å²) < 4.78 is 54.7. The van der Waals surface area contributed by atoms with Gasteiger partial charge in [-0.05, 0) is 96.4 Å². The number of esters is 3. The van der Waals surface area contributed by atoms with Crippen LogP contribution in [0.3, 0.4) is 0 Å². The highest BCUT2D eigenvalue weighted by atomic mass is 16.8. The maximum absolute atomic E-state index is 14.4. The normalized spacial score (nSPS) is 18.2. The van der Waals surface area contributed by atoms with Crippen LogP contribution >= 0.6 is 0 Å². The Morgan fingerprint density at radius 3 is 1.42 bits per heavy atom. The fourth-order valence-corrected chi connectivity index (χ4v) is 10.3. The Labute approximate surface area is 513 Å². The highest BCUT2D eigenvalue weighted by Crippen LogP contribution is 2.38. The van der Waals surface area contributed by atoms with Gasteiger partial charge in [0.15, 0.2) is 18.3 Å². The van der Waals surface area contributed by atoms with Crippen LogP contribution in [0.25, 0.3) is 0 Å². The summed E-state index contributed by atoms with van der Waals surface area (Å²) in [6.07, 6.45) is 21.1. The number of amides is 1. The fraction of sp³-hybridized carbons (Fsp3) is 0.629. The lowest BCUT2D eigenvalue weighted by atomic mass is 9.92. The monoisotopic (exact) mass is 1200 g/mol. The molecule has 1 aliphatic heterocycles. The molecular weight excluding hydrogens is 1090 g/mol. The van der Waals surface area contributed by atoms with E-state index in [2.05, 4.69) is 19.2 Å². The fourth-order valence-electron chi connectivity index (χ4n) is 10.3. The molecule has 478 valence electrons. The molecule has 1 heterocycles. The van der Waals surface area contributed by atoms with Gasteiger partial charge in [0.2, 0.25) is 11.7 Å². The third-order valence-corrected chi connectivity index (χ3v) is 15.0. The van der Waals surface area contributed by atoms with Gasteiger partial charge in [-0.1, -0.05) is 216 Å². The largest absolute Gasteiger partial charge is 0.509 e. The molecular formula is C70H103NO15. The van der Waals surface area contributed by atoms with Crippen LogP contribution in [0.2, 0.25) is 0 Å². The van der Waals surface area contributed by atoms with E-state index in [0.717, 1.165) is 51.4 Å². The van der Waals surface area contributed by atoms with Gasteiger partial charge < -0.3 is 47.9 Å². The first-order valence-corrected chi connectivity index (χ1v) is 32.4. The molecule has 0 bridgehead atoms. The lowest BCUT2D eigenvalue weighted by Gasteiger charge is -2.49. The molecule has 1 amide bonds. The molecule has 1 N–H and O–H groups in total. The minimum absolute atomic E-state index is 0.0980. The zero-order chi connectivity index (χ0) is 62.2. The van der Waals surface area contributed by atoms with Crippen LogP contribution in [-0.2, 0) is 47.4 Å². The number of allylic oxidation sites excluding steroid dienone is 1. The van der Waals surface area contributed by atoms with Crippen molar-refractivity contribution in [3.63, 3.8) is 0 Å². The first kappa shape index (κ1) is 72.2. The number of unbranched alkanes of at least 4 members (excludes halogenated alkanes) is 23. The smallest absolute Gasteiger partial charge is 0.452 e. The predicted molar refractivity (Wildman–Crippen MR) is 333 cm³/mol. The first-order valence-electron chi connectivity index (χ1n) is 32.4. The zero-order valence-electron chi connectivity index (χ0n) is 52.9. The number of carbonyl (C=O) groups excluding carboxylic acids is 6. The van der Waals surface area contributed by atoms with Crippen LogP contribution in [0, 0.1) is 0 Å². The average molecular weight is 1200 g/mol. The van der Waals surface area contributed by atoms with Gasteiger partial charge in [-0.25, -0.2) is 24.0 Å².